The first-order valence-corrected chi connectivity index (χ1v) is 14.3. The Morgan fingerprint density at radius 2 is 1.82 bits per heavy atom. The van der Waals surface area contributed by atoms with Crippen molar-refractivity contribution in [2.45, 2.75) is 36.5 Å². The molecule has 3 aromatic rings. The van der Waals surface area contributed by atoms with Gasteiger partial charge in [-0.15, -0.1) is 0 Å². The predicted molar refractivity (Wildman–Crippen MR) is 145 cm³/mol. The molecule has 1 saturated heterocycles. The van der Waals surface area contributed by atoms with Crippen LogP contribution in [0.4, 0.5) is 24.5 Å². The molecule has 1 aromatic heterocycles. The van der Waals surface area contributed by atoms with Gasteiger partial charge in [-0.2, -0.15) is 13.2 Å². The number of halogens is 3. The van der Waals surface area contributed by atoms with Gasteiger partial charge in [0.05, 0.1) is 29.2 Å². The molecule has 1 aliphatic rings. The van der Waals surface area contributed by atoms with Crippen LogP contribution in [-0.2, 0) is 21.2 Å². The molecule has 0 atom stereocenters. The molecule has 1 aliphatic heterocycles. The SMILES string of the molecule is CS(=O)(=O)c1ccc(NCC#Cc2cc3c(NC4CCN(CC(N)=O)CC4)cccc3n2CC(F)(F)F)cc1. The molecule has 0 bridgehead atoms. The molecular weight excluding hydrogens is 531 g/mol. The quantitative estimate of drug-likeness (QED) is 0.364. The van der Waals surface area contributed by atoms with Crippen molar-refractivity contribution < 1.29 is 26.4 Å². The zero-order valence-corrected chi connectivity index (χ0v) is 22.2. The number of fused-ring (bicyclic) bond motifs is 1. The van der Waals surface area contributed by atoms with Crippen LogP contribution in [0.15, 0.2) is 53.4 Å². The number of hydrogen-bond acceptors (Lipinski definition) is 6. The van der Waals surface area contributed by atoms with Gasteiger partial charge in [-0.05, 0) is 61.2 Å². The first kappa shape index (κ1) is 28.3. The number of piperidine rings is 1. The fourth-order valence-corrected chi connectivity index (χ4v) is 5.27. The van der Waals surface area contributed by atoms with Crippen molar-refractivity contribution in [1.82, 2.24) is 9.47 Å². The largest absolute Gasteiger partial charge is 0.406 e. The van der Waals surface area contributed by atoms with Gasteiger partial charge in [0, 0.05) is 42.1 Å². The van der Waals surface area contributed by atoms with E-state index in [1.807, 2.05) is 11.0 Å². The summed E-state index contributed by atoms with van der Waals surface area (Å²) in [6, 6.07) is 13.1. The summed E-state index contributed by atoms with van der Waals surface area (Å²) in [5.41, 5.74) is 7.32. The van der Waals surface area contributed by atoms with Gasteiger partial charge in [-0.3, -0.25) is 9.69 Å². The van der Waals surface area contributed by atoms with E-state index < -0.39 is 22.6 Å². The number of amides is 1. The molecule has 8 nitrogen and oxygen atoms in total. The lowest BCUT2D eigenvalue weighted by Gasteiger charge is -2.32. The van der Waals surface area contributed by atoms with E-state index in [1.165, 1.54) is 16.7 Å². The van der Waals surface area contributed by atoms with Gasteiger partial charge in [0.1, 0.15) is 6.54 Å². The van der Waals surface area contributed by atoms with E-state index in [0.29, 0.717) is 29.7 Å². The molecule has 0 spiro atoms. The average Bonchev–Trinajstić information content (AvgIpc) is 3.19. The molecule has 0 unspecified atom stereocenters. The maximum absolute atomic E-state index is 13.5. The fourth-order valence-electron chi connectivity index (χ4n) is 4.64. The summed E-state index contributed by atoms with van der Waals surface area (Å²) in [4.78, 5) is 13.4. The third-order valence-electron chi connectivity index (χ3n) is 6.49. The van der Waals surface area contributed by atoms with Crippen LogP contribution in [0.3, 0.4) is 0 Å². The number of hydrogen-bond donors (Lipinski definition) is 3. The molecule has 1 fully saturated rings. The van der Waals surface area contributed by atoms with Gasteiger partial charge >= 0.3 is 6.18 Å². The van der Waals surface area contributed by atoms with Gasteiger partial charge in [0.25, 0.3) is 0 Å². The summed E-state index contributed by atoms with van der Waals surface area (Å²) in [5, 5.41) is 7.14. The lowest BCUT2D eigenvalue weighted by atomic mass is 10.0. The van der Waals surface area contributed by atoms with Gasteiger partial charge in [0.2, 0.25) is 5.91 Å². The zero-order valence-electron chi connectivity index (χ0n) is 21.4. The Labute approximate surface area is 225 Å². The highest BCUT2D eigenvalue weighted by atomic mass is 32.2. The highest BCUT2D eigenvalue weighted by Gasteiger charge is 2.30. The van der Waals surface area contributed by atoms with E-state index in [0.717, 1.165) is 24.8 Å². The van der Waals surface area contributed by atoms with Crippen molar-refractivity contribution in [3.8, 4) is 11.8 Å². The minimum absolute atomic E-state index is 0.110. The Morgan fingerprint density at radius 1 is 1.13 bits per heavy atom. The molecular formula is C27H30F3N5O3S. The number of rotatable bonds is 8. The second-order valence-corrected chi connectivity index (χ2v) is 11.6. The summed E-state index contributed by atoms with van der Waals surface area (Å²) in [6.07, 6.45) is -1.76. The number of carbonyl (C=O) groups excluding carboxylic acids is 1. The smallest absolute Gasteiger partial charge is 0.382 e. The van der Waals surface area contributed by atoms with Crippen LogP contribution >= 0.6 is 0 Å². The molecule has 4 N–H and O–H groups in total. The number of nitrogens with one attached hydrogen (secondary N) is 2. The van der Waals surface area contributed by atoms with E-state index in [-0.39, 0.29) is 35.6 Å². The minimum atomic E-state index is -4.43. The molecule has 0 saturated carbocycles. The van der Waals surface area contributed by atoms with E-state index >= 15 is 0 Å². The van der Waals surface area contributed by atoms with Crippen molar-refractivity contribution in [3.05, 3.63) is 54.2 Å². The van der Waals surface area contributed by atoms with E-state index in [4.69, 9.17) is 5.73 Å². The first-order chi connectivity index (χ1) is 18.4. The third kappa shape index (κ3) is 7.68. The van der Waals surface area contributed by atoms with Crippen LogP contribution in [0.1, 0.15) is 18.5 Å². The molecule has 39 heavy (non-hydrogen) atoms. The predicted octanol–water partition coefficient (Wildman–Crippen LogP) is 3.43. The van der Waals surface area contributed by atoms with Crippen molar-refractivity contribution >= 4 is 38.0 Å². The summed E-state index contributed by atoms with van der Waals surface area (Å²) in [7, 11) is -3.31. The van der Waals surface area contributed by atoms with E-state index in [2.05, 4.69) is 22.5 Å². The number of carbonyl (C=O) groups is 1. The first-order valence-electron chi connectivity index (χ1n) is 12.4. The summed E-state index contributed by atoms with van der Waals surface area (Å²) < 4.78 is 64.8. The normalized spacial score (nSPS) is 15.1. The maximum Gasteiger partial charge on any atom is 0.406 e. The number of benzene rings is 2. The molecule has 2 heterocycles. The molecule has 2 aromatic carbocycles. The minimum Gasteiger partial charge on any atom is -0.382 e. The summed E-state index contributed by atoms with van der Waals surface area (Å²) >= 11 is 0. The number of nitrogens with two attached hydrogens (primary N) is 1. The van der Waals surface area contributed by atoms with E-state index in [1.54, 1.807) is 30.3 Å². The van der Waals surface area contributed by atoms with E-state index in [9.17, 15) is 26.4 Å². The van der Waals surface area contributed by atoms with Gasteiger partial charge < -0.3 is 20.9 Å². The lowest BCUT2D eigenvalue weighted by Crippen LogP contribution is -2.42. The highest BCUT2D eigenvalue weighted by Crippen LogP contribution is 2.31. The number of sulfone groups is 1. The molecule has 1 amide bonds. The van der Waals surface area contributed by atoms with Crippen molar-refractivity contribution in [1.29, 1.82) is 0 Å². The topological polar surface area (TPSA) is 109 Å². The summed E-state index contributed by atoms with van der Waals surface area (Å²) in [6.45, 7) is 0.598. The second-order valence-electron chi connectivity index (χ2n) is 9.58. The maximum atomic E-state index is 13.5. The monoisotopic (exact) mass is 561 g/mol. The van der Waals surface area contributed by atoms with Gasteiger partial charge in [-0.25, -0.2) is 8.42 Å². The van der Waals surface area contributed by atoms with Crippen molar-refractivity contribution in [3.63, 3.8) is 0 Å². The number of alkyl halides is 3. The fraction of sp³-hybridized carbons (Fsp3) is 0.370. The number of aromatic nitrogens is 1. The Morgan fingerprint density at radius 3 is 2.44 bits per heavy atom. The zero-order chi connectivity index (χ0) is 28.2. The van der Waals surface area contributed by atoms with Gasteiger partial charge in [0.15, 0.2) is 9.84 Å². The Balaban J connectivity index is 1.52. The summed E-state index contributed by atoms with van der Waals surface area (Å²) in [5.74, 6) is 5.37. The van der Waals surface area contributed by atoms with Crippen LogP contribution in [-0.4, -0.2) is 68.4 Å². The van der Waals surface area contributed by atoms with Gasteiger partial charge in [-0.1, -0.05) is 12.0 Å². The number of primary amides is 1. The molecule has 208 valence electrons. The van der Waals surface area contributed by atoms with Crippen molar-refractivity contribution in [2.75, 3.05) is 43.1 Å². The van der Waals surface area contributed by atoms with Crippen LogP contribution in [0.2, 0.25) is 0 Å². The average molecular weight is 562 g/mol. The Kier molecular flexibility index (Phi) is 8.42. The van der Waals surface area contributed by atoms with Crippen molar-refractivity contribution in [2.24, 2.45) is 5.73 Å². The number of likely N-dealkylation sites (tertiary alicyclic amines) is 1. The third-order valence-corrected chi connectivity index (χ3v) is 7.62. The second kappa shape index (κ2) is 11.6. The van der Waals surface area contributed by atoms with Crippen LogP contribution in [0.25, 0.3) is 10.9 Å². The number of nitrogens with zero attached hydrogens (tertiary/aromatic N) is 2. The molecule has 0 radical (unpaired) electrons. The standard InChI is InChI=1S/C27H30F3N5O3S/c1-39(37,38)22-9-7-19(8-10-22)32-13-3-4-21-16-23-24(5-2-6-25(23)35(21)18-27(28,29)30)33-20-11-14-34(15-12-20)17-26(31)36/h2,5-10,16,20,32-33H,11-15,17-18H2,1H3,(H2,31,36). The Bertz CT molecular complexity index is 1500. The lowest BCUT2D eigenvalue weighted by molar-refractivity contribution is -0.140. The van der Waals surface area contributed by atoms with Crippen LogP contribution < -0.4 is 16.4 Å². The molecule has 12 heteroatoms. The number of anilines is 2. The Hall–Kier alpha value is -3.69. The highest BCUT2D eigenvalue weighted by molar-refractivity contribution is 7.90. The molecule has 0 aliphatic carbocycles. The van der Waals surface area contributed by atoms with Crippen LogP contribution in [0.5, 0.6) is 0 Å². The van der Waals surface area contributed by atoms with Crippen LogP contribution in [0, 0.1) is 11.8 Å². The molecule has 4 rings (SSSR count).